The molecular weight excluding hydrogens is 212 g/mol. The van der Waals surface area contributed by atoms with Gasteiger partial charge in [-0.2, -0.15) is 0 Å². The van der Waals surface area contributed by atoms with Gasteiger partial charge in [0.15, 0.2) is 11.5 Å². The monoisotopic (exact) mass is 234 g/mol. The van der Waals surface area contributed by atoms with Gasteiger partial charge in [-0.3, -0.25) is 0 Å². The van der Waals surface area contributed by atoms with Crippen molar-refractivity contribution in [1.29, 1.82) is 0 Å². The smallest absolute Gasteiger partial charge is 0.246 e. The van der Waals surface area contributed by atoms with E-state index in [2.05, 4.69) is 26.0 Å². The molecule has 0 spiro atoms. The maximum absolute atomic E-state index is 5.74. The van der Waals surface area contributed by atoms with Crippen molar-refractivity contribution in [2.75, 3.05) is 0 Å². The van der Waals surface area contributed by atoms with Crippen LogP contribution in [0.25, 0.3) is 0 Å². The summed E-state index contributed by atoms with van der Waals surface area (Å²) in [6, 6.07) is 6.28. The van der Waals surface area contributed by atoms with E-state index in [0.29, 0.717) is 0 Å². The Balaban J connectivity index is 1.99. The van der Waals surface area contributed by atoms with Gasteiger partial charge < -0.3 is 9.47 Å². The van der Waals surface area contributed by atoms with Crippen LogP contribution in [0.4, 0.5) is 0 Å². The van der Waals surface area contributed by atoms with E-state index in [1.807, 2.05) is 19.9 Å². The summed E-state index contributed by atoms with van der Waals surface area (Å²) in [5.74, 6) is 2.02. The van der Waals surface area contributed by atoms with Crippen LogP contribution in [-0.4, -0.2) is 5.79 Å². The van der Waals surface area contributed by atoms with Crippen LogP contribution in [0.3, 0.4) is 0 Å². The highest BCUT2D eigenvalue weighted by molar-refractivity contribution is 5.45. The minimum atomic E-state index is -0.515. The molecule has 0 amide bonds. The summed E-state index contributed by atoms with van der Waals surface area (Å²) in [7, 11) is 0. The zero-order valence-electron chi connectivity index (χ0n) is 11.2. The average molecular weight is 234 g/mol. The molecule has 1 aliphatic rings. The van der Waals surface area contributed by atoms with Crippen molar-refractivity contribution in [2.45, 2.75) is 52.7 Å². The minimum Gasteiger partial charge on any atom is -0.449 e. The van der Waals surface area contributed by atoms with Gasteiger partial charge in [0, 0.05) is 13.8 Å². The van der Waals surface area contributed by atoms with Crippen LogP contribution in [0.2, 0.25) is 0 Å². The van der Waals surface area contributed by atoms with Crippen LogP contribution in [0.15, 0.2) is 18.2 Å². The van der Waals surface area contributed by atoms with Gasteiger partial charge in [-0.1, -0.05) is 26.3 Å². The largest absolute Gasteiger partial charge is 0.449 e. The number of rotatable bonds is 4. The van der Waals surface area contributed by atoms with Crippen LogP contribution in [0, 0.1) is 5.92 Å². The molecule has 17 heavy (non-hydrogen) atoms. The predicted octanol–water partition coefficient (Wildman–Crippen LogP) is 4.17. The van der Waals surface area contributed by atoms with Gasteiger partial charge in [-0.25, -0.2) is 0 Å². The molecule has 1 aromatic carbocycles. The molecule has 1 heterocycles. The molecule has 0 saturated heterocycles. The first-order chi connectivity index (χ1) is 7.96. The normalized spacial score (nSPS) is 16.5. The molecule has 2 rings (SSSR count). The maximum atomic E-state index is 5.74. The molecule has 0 aromatic heterocycles. The molecule has 0 unspecified atom stereocenters. The fourth-order valence-corrected chi connectivity index (χ4v) is 2.14. The molecule has 94 valence electrons. The second-order valence-corrected chi connectivity index (χ2v) is 5.67. The Morgan fingerprint density at radius 3 is 2.53 bits per heavy atom. The highest BCUT2D eigenvalue weighted by Crippen LogP contribution is 2.39. The number of ether oxygens (including phenoxy) is 2. The van der Waals surface area contributed by atoms with Gasteiger partial charge >= 0.3 is 0 Å². The number of benzene rings is 1. The molecule has 0 fully saturated rings. The number of fused-ring (bicyclic) bond motifs is 1. The van der Waals surface area contributed by atoms with Crippen molar-refractivity contribution in [3.8, 4) is 11.5 Å². The molecule has 1 aromatic rings. The second-order valence-electron chi connectivity index (χ2n) is 5.67. The van der Waals surface area contributed by atoms with Crippen LogP contribution >= 0.6 is 0 Å². The van der Waals surface area contributed by atoms with Crippen LogP contribution < -0.4 is 9.47 Å². The van der Waals surface area contributed by atoms with Gasteiger partial charge in [0.25, 0.3) is 0 Å². The van der Waals surface area contributed by atoms with E-state index in [1.54, 1.807) is 0 Å². The molecule has 0 aliphatic carbocycles. The van der Waals surface area contributed by atoms with Crippen molar-refractivity contribution in [1.82, 2.24) is 0 Å². The third kappa shape index (κ3) is 3.15. The first kappa shape index (κ1) is 12.3. The van der Waals surface area contributed by atoms with Gasteiger partial charge in [0.05, 0.1) is 0 Å². The van der Waals surface area contributed by atoms with Gasteiger partial charge in [0.1, 0.15) is 0 Å². The average Bonchev–Trinajstić information content (AvgIpc) is 2.50. The van der Waals surface area contributed by atoms with E-state index in [1.165, 1.54) is 18.4 Å². The second kappa shape index (κ2) is 4.59. The van der Waals surface area contributed by atoms with Crippen molar-refractivity contribution in [3.63, 3.8) is 0 Å². The van der Waals surface area contributed by atoms with E-state index in [9.17, 15) is 0 Å². The van der Waals surface area contributed by atoms with Crippen molar-refractivity contribution in [3.05, 3.63) is 23.8 Å². The fourth-order valence-electron chi connectivity index (χ4n) is 2.14. The van der Waals surface area contributed by atoms with Crippen LogP contribution in [0.1, 0.15) is 46.1 Å². The lowest BCUT2D eigenvalue weighted by atomic mass is 10.0. The molecule has 2 nitrogen and oxygen atoms in total. The Morgan fingerprint density at radius 2 is 1.82 bits per heavy atom. The van der Waals surface area contributed by atoms with Crippen LogP contribution in [0.5, 0.6) is 11.5 Å². The Morgan fingerprint density at radius 1 is 1.12 bits per heavy atom. The van der Waals surface area contributed by atoms with E-state index >= 15 is 0 Å². The summed E-state index contributed by atoms with van der Waals surface area (Å²) in [5.41, 5.74) is 1.34. The number of hydrogen-bond acceptors (Lipinski definition) is 2. The summed E-state index contributed by atoms with van der Waals surface area (Å²) in [6.07, 6.45) is 3.63. The standard InChI is InChI=1S/C15H22O2/c1-11(2)6-5-7-12-8-9-13-14(10-12)17-15(3,4)16-13/h8-11H,5-7H2,1-4H3. The molecule has 0 radical (unpaired) electrons. The van der Waals surface area contributed by atoms with Gasteiger partial charge in [0.2, 0.25) is 5.79 Å². The predicted molar refractivity (Wildman–Crippen MR) is 69.6 cm³/mol. The third-order valence-corrected chi connectivity index (χ3v) is 2.97. The Labute approximate surface area is 104 Å². The fraction of sp³-hybridized carbons (Fsp3) is 0.600. The first-order valence-corrected chi connectivity index (χ1v) is 6.47. The lowest BCUT2D eigenvalue weighted by Crippen LogP contribution is -2.29. The van der Waals surface area contributed by atoms with E-state index in [0.717, 1.165) is 23.8 Å². The summed E-state index contributed by atoms with van der Waals surface area (Å²) in [6.45, 7) is 8.40. The molecule has 0 bridgehead atoms. The maximum Gasteiger partial charge on any atom is 0.246 e. The molecule has 1 aliphatic heterocycles. The zero-order valence-corrected chi connectivity index (χ0v) is 11.2. The number of hydrogen-bond donors (Lipinski definition) is 0. The first-order valence-electron chi connectivity index (χ1n) is 6.47. The molecule has 0 saturated carbocycles. The van der Waals surface area contributed by atoms with Crippen molar-refractivity contribution < 1.29 is 9.47 Å². The number of aryl methyl sites for hydroxylation is 1. The van der Waals surface area contributed by atoms with Crippen LogP contribution in [-0.2, 0) is 6.42 Å². The Kier molecular flexibility index (Phi) is 3.32. The summed E-state index contributed by atoms with van der Waals surface area (Å²) in [5, 5.41) is 0. The van der Waals surface area contributed by atoms with Crippen molar-refractivity contribution in [2.24, 2.45) is 5.92 Å². The van der Waals surface area contributed by atoms with Gasteiger partial charge in [-0.05, 0) is 36.5 Å². The quantitative estimate of drug-likeness (QED) is 0.778. The highest BCUT2D eigenvalue weighted by Gasteiger charge is 2.31. The molecule has 0 atom stereocenters. The summed E-state index contributed by atoms with van der Waals surface area (Å²) >= 11 is 0. The SMILES string of the molecule is CC(C)CCCc1ccc2c(c1)OC(C)(C)O2. The lowest BCUT2D eigenvalue weighted by Gasteiger charge is -2.16. The summed E-state index contributed by atoms with van der Waals surface area (Å²) < 4.78 is 11.4. The van der Waals surface area contributed by atoms with E-state index in [-0.39, 0.29) is 0 Å². The zero-order chi connectivity index (χ0) is 12.5. The highest BCUT2D eigenvalue weighted by atomic mass is 16.7. The summed E-state index contributed by atoms with van der Waals surface area (Å²) in [4.78, 5) is 0. The Bertz CT molecular complexity index is 394. The molecular formula is C15H22O2. The molecule has 2 heteroatoms. The lowest BCUT2D eigenvalue weighted by molar-refractivity contribution is -0.0431. The van der Waals surface area contributed by atoms with Crippen molar-refractivity contribution >= 4 is 0 Å². The van der Waals surface area contributed by atoms with Gasteiger partial charge in [-0.15, -0.1) is 0 Å². The topological polar surface area (TPSA) is 18.5 Å². The van der Waals surface area contributed by atoms with E-state index in [4.69, 9.17) is 9.47 Å². The molecule has 0 N–H and O–H groups in total. The minimum absolute atomic E-state index is 0.515. The van der Waals surface area contributed by atoms with E-state index < -0.39 is 5.79 Å². The Hall–Kier alpha value is -1.18. The third-order valence-electron chi connectivity index (χ3n) is 2.97.